The van der Waals surface area contributed by atoms with E-state index in [0.29, 0.717) is 38.0 Å². The third kappa shape index (κ3) is 7.24. The van der Waals surface area contributed by atoms with Crippen LogP contribution in [-0.2, 0) is 32.2 Å². The van der Waals surface area contributed by atoms with Gasteiger partial charge in [0.2, 0.25) is 18.0 Å². The summed E-state index contributed by atoms with van der Waals surface area (Å²) in [6, 6.07) is 7.09. The van der Waals surface area contributed by atoms with Crippen molar-refractivity contribution in [2.75, 3.05) is 29.9 Å². The van der Waals surface area contributed by atoms with Crippen LogP contribution in [0.2, 0.25) is 0 Å². The lowest BCUT2D eigenvalue weighted by atomic mass is 10.0. The number of amides is 4. The van der Waals surface area contributed by atoms with Crippen LogP contribution in [-0.4, -0.2) is 80.0 Å². The molecule has 4 aliphatic rings. The number of fused-ring (bicyclic) bond motifs is 1. The second-order valence-corrected chi connectivity index (χ2v) is 13.2. The lowest BCUT2D eigenvalue weighted by molar-refractivity contribution is -0.137. The molecule has 0 bridgehead atoms. The number of halogens is 5. The molecule has 1 aromatic carbocycles. The molecular weight excluding hydrogens is 709 g/mol. The molecule has 0 spiro atoms. The lowest BCUT2D eigenvalue weighted by Crippen LogP contribution is -2.52. The number of carbonyl (C=O) groups excluding carboxylic acids is 4. The average Bonchev–Trinajstić information content (AvgIpc) is 3.84. The number of nitrogens with two attached hydrogens (primary N) is 1. The van der Waals surface area contributed by atoms with Crippen LogP contribution < -0.4 is 21.3 Å². The number of hydrogen-bond donors (Lipinski definition) is 3. The summed E-state index contributed by atoms with van der Waals surface area (Å²) in [6.45, 7) is 0.509. The number of carbonyl (C=O) groups is 4. The predicted molar refractivity (Wildman–Crippen MR) is 176 cm³/mol. The van der Waals surface area contributed by atoms with E-state index < -0.39 is 48.9 Å². The van der Waals surface area contributed by atoms with Crippen molar-refractivity contribution >= 4 is 35.1 Å². The molecule has 7 rings (SSSR count). The fourth-order valence-electron chi connectivity index (χ4n) is 7.23. The van der Waals surface area contributed by atoms with Crippen LogP contribution in [0.25, 0.3) is 0 Å². The number of imide groups is 1. The van der Waals surface area contributed by atoms with E-state index in [1.807, 2.05) is 6.07 Å². The van der Waals surface area contributed by atoms with Crippen LogP contribution in [0.15, 0.2) is 54.7 Å². The van der Waals surface area contributed by atoms with Gasteiger partial charge in [0.05, 0.1) is 11.7 Å². The molecule has 2 atom stereocenters. The van der Waals surface area contributed by atoms with Crippen molar-refractivity contribution in [1.29, 1.82) is 0 Å². The number of likely N-dealkylation sites (tertiary alicyclic amines) is 1. The van der Waals surface area contributed by atoms with Crippen molar-refractivity contribution in [3.8, 4) is 0 Å². The van der Waals surface area contributed by atoms with E-state index in [4.69, 9.17) is 10.5 Å². The Labute approximate surface area is 298 Å². The molecule has 53 heavy (non-hydrogen) atoms. The van der Waals surface area contributed by atoms with Gasteiger partial charge in [-0.1, -0.05) is 12.1 Å². The zero-order chi connectivity index (χ0) is 37.6. The molecule has 2 aromatic heterocycles. The highest BCUT2D eigenvalue weighted by molar-refractivity contribution is 6.05. The third-order valence-electron chi connectivity index (χ3n) is 9.80. The van der Waals surface area contributed by atoms with Crippen molar-refractivity contribution in [1.82, 2.24) is 29.9 Å². The van der Waals surface area contributed by atoms with Gasteiger partial charge in [0.15, 0.2) is 5.69 Å². The summed E-state index contributed by atoms with van der Waals surface area (Å²) >= 11 is 0. The first-order valence-electron chi connectivity index (χ1n) is 16.8. The maximum Gasteiger partial charge on any atom is 0.405 e. The Kier molecular flexibility index (Phi) is 9.52. The zero-order valence-corrected chi connectivity index (χ0v) is 28.0. The van der Waals surface area contributed by atoms with Gasteiger partial charge in [-0.3, -0.25) is 39.0 Å². The number of benzene rings is 1. The summed E-state index contributed by atoms with van der Waals surface area (Å²) in [5.41, 5.74) is 7.03. The Morgan fingerprint density at radius 3 is 2.58 bits per heavy atom. The van der Waals surface area contributed by atoms with E-state index >= 15 is 0 Å². The molecule has 2 saturated heterocycles. The summed E-state index contributed by atoms with van der Waals surface area (Å²) in [4.78, 5) is 58.6. The SMILES string of the molecule is NC(=O)C1=COC(c2ccnc(NCC(F)(F)F)c2)N1c1cn(C2CCN(Cc3cccc4c3CN(C3CCC(=O)NC3=O)C4=O)CC2)nc1C(F)F. The van der Waals surface area contributed by atoms with E-state index in [-0.39, 0.29) is 60.0 Å². The van der Waals surface area contributed by atoms with Crippen molar-refractivity contribution in [3.63, 3.8) is 0 Å². The Morgan fingerprint density at radius 1 is 1.11 bits per heavy atom. The third-order valence-corrected chi connectivity index (χ3v) is 9.80. The van der Waals surface area contributed by atoms with E-state index in [1.54, 1.807) is 12.1 Å². The number of pyridine rings is 1. The summed E-state index contributed by atoms with van der Waals surface area (Å²) in [5, 5.41) is 8.70. The van der Waals surface area contributed by atoms with Gasteiger partial charge in [0.1, 0.15) is 30.4 Å². The lowest BCUT2D eigenvalue weighted by Gasteiger charge is -2.32. The number of piperidine rings is 2. The monoisotopic (exact) mass is 743 g/mol. The molecule has 3 aromatic rings. The minimum atomic E-state index is -4.52. The maximum absolute atomic E-state index is 14.5. The number of alkyl halides is 5. The number of nitrogens with one attached hydrogen (secondary N) is 2. The second kappa shape index (κ2) is 14.1. The van der Waals surface area contributed by atoms with Crippen molar-refractivity contribution < 1.29 is 45.9 Å². The molecule has 4 N–H and O–H groups in total. The number of rotatable bonds is 10. The van der Waals surface area contributed by atoms with Gasteiger partial charge in [0.25, 0.3) is 18.2 Å². The number of aromatic nitrogens is 3. The average molecular weight is 744 g/mol. The summed E-state index contributed by atoms with van der Waals surface area (Å²) in [7, 11) is 0. The van der Waals surface area contributed by atoms with E-state index in [1.165, 1.54) is 34.1 Å². The largest absolute Gasteiger partial charge is 0.471 e. The van der Waals surface area contributed by atoms with Crippen LogP contribution in [0.4, 0.5) is 33.5 Å². The molecular formula is C34H34F5N9O5. The Bertz CT molecular complexity index is 1980. The minimum absolute atomic E-state index is 0.147. The first-order chi connectivity index (χ1) is 25.3. The van der Waals surface area contributed by atoms with Gasteiger partial charge < -0.3 is 20.7 Å². The quantitative estimate of drug-likeness (QED) is 0.206. The van der Waals surface area contributed by atoms with Gasteiger partial charge in [-0.05, 0) is 48.6 Å². The molecule has 6 heterocycles. The molecule has 2 fully saturated rings. The highest BCUT2D eigenvalue weighted by atomic mass is 19.4. The van der Waals surface area contributed by atoms with Crippen LogP contribution in [0, 0.1) is 0 Å². The Balaban J connectivity index is 1.06. The molecule has 19 heteroatoms. The van der Waals surface area contributed by atoms with E-state index in [9.17, 15) is 41.1 Å². The molecule has 0 aliphatic carbocycles. The van der Waals surface area contributed by atoms with Gasteiger partial charge in [-0.25, -0.2) is 13.8 Å². The first-order valence-corrected chi connectivity index (χ1v) is 16.8. The summed E-state index contributed by atoms with van der Waals surface area (Å²) < 4.78 is 74.6. The number of hydrogen-bond acceptors (Lipinski definition) is 10. The van der Waals surface area contributed by atoms with E-state index in [0.717, 1.165) is 22.3 Å². The molecule has 14 nitrogen and oxygen atoms in total. The maximum atomic E-state index is 14.5. The van der Waals surface area contributed by atoms with E-state index in [2.05, 4.69) is 25.6 Å². The first kappa shape index (κ1) is 35.8. The minimum Gasteiger partial charge on any atom is -0.471 e. The van der Waals surface area contributed by atoms with Gasteiger partial charge >= 0.3 is 6.18 Å². The molecule has 4 aliphatic heterocycles. The molecule has 2 unspecified atom stereocenters. The summed E-state index contributed by atoms with van der Waals surface area (Å²) in [6.07, 6.45) is -3.73. The fraction of sp³-hybridized carbons (Fsp3) is 0.412. The van der Waals surface area contributed by atoms with Gasteiger partial charge in [-0.15, -0.1) is 0 Å². The van der Waals surface area contributed by atoms with Crippen molar-refractivity contribution in [2.45, 2.75) is 69.7 Å². The van der Waals surface area contributed by atoms with Crippen LogP contribution in [0.1, 0.15) is 77.1 Å². The van der Waals surface area contributed by atoms with Crippen molar-refractivity contribution in [3.05, 3.63) is 82.6 Å². The van der Waals surface area contributed by atoms with Crippen molar-refractivity contribution in [2.24, 2.45) is 5.73 Å². The predicted octanol–water partition coefficient (Wildman–Crippen LogP) is 3.65. The Hall–Kier alpha value is -5.59. The number of anilines is 2. The second-order valence-electron chi connectivity index (χ2n) is 13.2. The number of ether oxygens (including phenoxy) is 1. The molecule has 4 amide bonds. The smallest absolute Gasteiger partial charge is 0.405 e. The van der Waals surface area contributed by atoms with Gasteiger partial charge in [0, 0.05) is 56.1 Å². The van der Waals surface area contributed by atoms with Crippen LogP contribution in [0.5, 0.6) is 0 Å². The molecule has 280 valence electrons. The summed E-state index contributed by atoms with van der Waals surface area (Å²) in [5.74, 6) is -2.23. The zero-order valence-electron chi connectivity index (χ0n) is 28.0. The highest BCUT2D eigenvalue weighted by Crippen LogP contribution is 2.42. The highest BCUT2D eigenvalue weighted by Gasteiger charge is 2.41. The Morgan fingerprint density at radius 2 is 1.89 bits per heavy atom. The molecule has 0 saturated carbocycles. The molecule has 0 radical (unpaired) electrons. The van der Waals surface area contributed by atoms with Gasteiger partial charge in [-0.2, -0.15) is 18.3 Å². The standard InChI is InChI=1S/C34H34F5N9O5/c35-29(36)28-24(48-25(30(40)50)16-53-33(48)18-6-9-41-26(12-18)42-17-34(37,38)39)15-47(44-28)20-7-10-45(11-8-20)13-19-2-1-3-21-22(19)14-46(32(21)52)23-4-5-27(49)43-31(23)51/h1-3,6,9,12,15-16,20,23,29,33H,4-5,7-8,10-11,13-14,17H2,(H2,40,50)(H,41,42)(H,43,49,51). The number of nitrogens with zero attached hydrogens (tertiary/aromatic N) is 6. The van der Waals surface area contributed by atoms with Crippen LogP contribution in [0.3, 0.4) is 0 Å². The fourth-order valence-corrected chi connectivity index (χ4v) is 7.23. The number of primary amides is 1. The van der Waals surface area contributed by atoms with Crippen LogP contribution >= 0.6 is 0 Å². The topological polar surface area (TPSA) is 168 Å². The normalized spacial score (nSPS) is 21.2.